The van der Waals surface area contributed by atoms with Gasteiger partial charge in [0.05, 0.1) is 0 Å². The van der Waals surface area contributed by atoms with Crippen molar-refractivity contribution in [1.82, 2.24) is 10.2 Å². The highest BCUT2D eigenvalue weighted by Gasteiger charge is 2.32. The Morgan fingerprint density at radius 3 is 2.84 bits per heavy atom. The van der Waals surface area contributed by atoms with Gasteiger partial charge in [0, 0.05) is 24.7 Å². The van der Waals surface area contributed by atoms with E-state index in [9.17, 15) is 9.18 Å². The molecule has 2 saturated heterocycles. The Hall–Kier alpha value is -1.42. The smallest absolute Gasteiger partial charge is 0.253 e. The molecule has 19 heavy (non-hydrogen) atoms. The highest BCUT2D eigenvalue weighted by molar-refractivity contribution is 5.94. The first kappa shape index (κ1) is 12.6. The van der Waals surface area contributed by atoms with E-state index in [4.69, 9.17) is 0 Å². The number of likely N-dealkylation sites (tertiary alicyclic amines) is 1. The first-order valence-corrected chi connectivity index (χ1v) is 7.02. The molecule has 0 aliphatic carbocycles. The van der Waals surface area contributed by atoms with Gasteiger partial charge in [-0.1, -0.05) is 0 Å². The molecular weight excluding hydrogens is 243 g/mol. The normalized spacial score (nSPS) is 26.9. The molecule has 2 heterocycles. The zero-order valence-corrected chi connectivity index (χ0v) is 10.9. The van der Waals surface area contributed by atoms with Crippen LogP contribution in [0.2, 0.25) is 0 Å². The first-order chi connectivity index (χ1) is 9.24. The summed E-state index contributed by atoms with van der Waals surface area (Å²) in [5.74, 6) is 0.308. The van der Waals surface area contributed by atoms with E-state index in [1.165, 1.54) is 25.0 Å². The first-order valence-electron chi connectivity index (χ1n) is 7.02. The summed E-state index contributed by atoms with van der Waals surface area (Å²) in [5.41, 5.74) is 0.587. The molecule has 2 atom stereocenters. The van der Waals surface area contributed by atoms with Crippen LogP contribution in [0.1, 0.15) is 29.6 Å². The number of nitrogens with zero attached hydrogens (tertiary/aromatic N) is 1. The number of amides is 1. The Balaban J connectivity index is 1.69. The average Bonchev–Trinajstić information content (AvgIpc) is 2.47. The molecule has 2 aliphatic heterocycles. The third kappa shape index (κ3) is 2.63. The van der Waals surface area contributed by atoms with E-state index in [0.29, 0.717) is 17.5 Å². The van der Waals surface area contributed by atoms with Gasteiger partial charge in [0.25, 0.3) is 5.91 Å². The lowest BCUT2D eigenvalue weighted by molar-refractivity contribution is 0.0593. The van der Waals surface area contributed by atoms with Crippen LogP contribution in [0.15, 0.2) is 24.3 Å². The standard InChI is InChI=1S/C15H19FN2O/c16-13-5-3-11(4-6-13)15(19)18-9-7-14-12(10-18)2-1-8-17-14/h3-6,12,14,17H,1-2,7-10H2/t12-,14+/m0/s1. The van der Waals surface area contributed by atoms with Crippen molar-refractivity contribution in [2.45, 2.75) is 25.3 Å². The molecule has 4 heteroatoms. The van der Waals surface area contributed by atoms with Gasteiger partial charge in [0.1, 0.15) is 5.82 Å². The van der Waals surface area contributed by atoms with Crippen LogP contribution in [0.4, 0.5) is 4.39 Å². The molecule has 2 aliphatic rings. The second-order valence-corrected chi connectivity index (χ2v) is 5.51. The van der Waals surface area contributed by atoms with Crippen LogP contribution < -0.4 is 5.32 Å². The quantitative estimate of drug-likeness (QED) is 0.840. The maximum atomic E-state index is 12.9. The monoisotopic (exact) mass is 262 g/mol. The van der Waals surface area contributed by atoms with Crippen LogP contribution in [-0.2, 0) is 0 Å². The lowest BCUT2D eigenvalue weighted by atomic mass is 9.85. The largest absolute Gasteiger partial charge is 0.338 e. The molecule has 0 bridgehead atoms. The fraction of sp³-hybridized carbons (Fsp3) is 0.533. The molecule has 1 aromatic rings. The van der Waals surface area contributed by atoms with E-state index >= 15 is 0 Å². The third-order valence-electron chi connectivity index (χ3n) is 4.27. The molecule has 1 amide bonds. The van der Waals surface area contributed by atoms with Gasteiger partial charge >= 0.3 is 0 Å². The molecule has 102 valence electrons. The minimum atomic E-state index is -0.299. The maximum Gasteiger partial charge on any atom is 0.253 e. The Morgan fingerprint density at radius 2 is 2.05 bits per heavy atom. The Morgan fingerprint density at radius 1 is 1.26 bits per heavy atom. The minimum Gasteiger partial charge on any atom is -0.338 e. The molecule has 2 fully saturated rings. The van der Waals surface area contributed by atoms with Crippen molar-refractivity contribution in [3.8, 4) is 0 Å². The molecular formula is C15H19FN2O. The summed E-state index contributed by atoms with van der Waals surface area (Å²) in [6.07, 6.45) is 3.42. The number of rotatable bonds is 1. The van der Waals surface area contributed by atoms with Gasteiger partial charge in [-0.15, -0.1) is 0 Å². The zero-order valence-electron chi connectivity index (χ0n) is 10.9. The van der Waals surface area contributed by atoms with Gasteiger partial charge in [0.15, 0.2) is 0 Å². The second kappa shape index (κ2) is 5.29. The Kier molecular flexibility index (Phi) is 3.51. The summed E-state index contributed by atoms with van der Waals surface area (Å²) in [7, 11) is 0. The van der Waals surface area contributed by atoms with Crippen molar-refractivity contribution >= 4 is 5.91 Å². The topological polar surface area (TPSA) is 32.3 Å². The van der Waals surface area contributed by atoms with E-state index in [2.05, 4.69) is 5.32 Å². The molecule has 3 nitrogen and oxygen atoms in total. The SMILES string of the molecule is O=C(c1ccc(F)cc1)N1CC[C@H]2NCCC[C@H]2C1. The third-order valence-corrected chi connectivity index (χ3v) is 4.27. The summed E-state index contributed by atoms with van der Waals surface area (Å²) in [6.45, 7) is 2.73. The van der Waals surface area contributed by atoms with Crippen molar-refractivity contribution in [1.29, 1.82) is 0 Å². The van der Waals surface area contributed by atoms with E-state index in [1.807, 2.05) is 4.90 Å². The molecule has 3 rings (SSSR count). The number of benzene rings is 1. The number of carbonyl (C=O) groups is 1. The van der Waals surface area contributed by atoms with Crippen LogP contribution in [0, 0.1) is 11.7 Å². The molecule has 1 N–H and O–H groups in total. The van der Waals surface area contributed by atoms with E-state index < -0.39 is 0 Å². The average molecular weight is 262 g/mol. The molecule has 0 saturated carbocycles. The predicted octanol–water partition coefficient (Wildman–Crippen LogP) is 2.04. The van der Waals surface area contributed by atoms with Gasteiger partial charge in [-0.3, -0.25) is 4.79 Å². The summed E-state index contributed by atoms with van der Waals surface area (Å²) < 4.78 is 12.9. The Bertz CT molecular complexity index is 460. The molecule has 0 unspecified atom stereocenters. The highest BCUT2D eigenvalue weighted by atomic mass is 19.1. The van der Waals surface area contributed by atoms with Crippen LogP contribution in [0.3, 0.4) is 0 Å². The van der Waals surface area contributed by atoms with Gasteiger partial charge in [-0.05, 0) is 56.0 Å². The summed E-state index contributed by atoms with van der Waals surface area (Å²) >= 11 is 0. The number of hydrogen-bond acceptors (Lipinski definition) is 2. The minimum absolute atomic E-state index is 0.0315. The summed E-state index contributed by atoms with van der Waals surface area (Å²) in [4.78, 5) is 14.3. The summed E-state index contributed by atoms with van der Waals surface area (Å²) in [6, 6.07) is 6.42. The lowest BCUT2D eigenvalue weighted by Crippen LogP contribution is -2.53. The van der Waals surface area contributed by atoms with E-state index in [0.717, 1.165) is 26.1 Å². The zero-order chi connectivity index (χ0) is 13.2. The van der Waals surface area contributed by atoms with Crippen molar-refractivity contribution in [3.63, 3.8) is 0 Å². The van der Waals surface area contributed by atoms with Gasteiger partial charge in [-0.25, -0.2) is 4.39 Å². The molecule has 0 spiro atoms. The molecule has 0 aromatic heterocycles. The predicted molar refractivity (Wildman–Crippen MR) is 71.4 cm³/mol. The van der Waals surface area contributed by atoms with Crippen molar-refractivity contribution < 1.29 is 9.18 Å². The van der Waals surface area contributed by atoms with Crippen LogP contribution in [0.25, 0.3) is 0 Å². The fourth-order valence-electron chi connectivity index (χ4n) is 3.20. The van der Waals surface area contributed by atoms with Crippen LogP contribution >= 0.6 is 0 Å². The van der Waals surface area contributed by atoms with Gasteiger partial charge < -0.3 is 10.2 Å². The van der Waals surface area contributed by atoms with Crippen LogP contribution in [0.5, 0.6) is 0 Å². The molecule has 1 aromatic carbocycles. The van der Waals surface area contributed by atoms with Crippen molar-refractivity contribution in [3.05, 3.63) is 35.6 Å². The number of carbonyl (C=O) groups excluding carboxylic acids is 1. The summed E-state index contributed by atoms with van der Waals surface area (Å²) in [5, 5.41) is 3.54. The highest BCUT2D eigenvalue weighted by Crippen LogP contribution is 2.25. The maximum absolute atomic E-state index is 12.9. The van der Waals surface area contributed by atoms with Crippen LogP contribution in [-0.4, -0.2) is 36.5 Å². The number of halogens is 1. The number of hydrogen-bond donors (Lipinski definition) is 1. The number of nitrogens with one attached hydrogen (secondary N) is 1. The van der Waals surface area contributed by atoms with Crippen molar-refractivity contribution in [2.75, 3.05) is 19.6 Å². The number of fused-ring (bicyclic) bond motifs is 1. The second-order valence-electron chi connectivity index (χ2n) is 5.51. The number of piperidine rings is 2. The Labute approximate surface area is 112 Å². The van der Waals surface area contributed by atoms with E-state index in [-0.39, 0.29) is 11.7 Å². The van der Waals surface area contributed by atoms with Gasteiger partial charge in [0.2, 0.25) is 0 Å². The fourth-order valence-corrected chi connectivity index (χ4v) is 3.20. The van der Waals surface area contributed by atoms with E-state index in [1.54, 1.807) is 12.1 Å². The molecule has 0 radical (unpaired) electrons. The van der Waals surface area contributed by atoms with Gasteiger partial charge in [-0.2, -0.15) is 0 Å². The lowest BCUT2D eigenvalue weighted by Gasteiger charge is -2.41. The van der Waals surface area contributed by atoms with Crippen molar-refractivity contribution in [2.24, 2.45) is 5.92 Å².